The van der Waals surface area contributed by atoms with Gasteiger partial charge in [-0.25, -0.2) is 18.1 Å². The summed E-state index contributed by atoms with van der Waals surface area (Å²) in [5.41, 5.74) is -1.88. The van der Waals surface area contributed by atoms with E-state index in [1.54, 1.807) is 0 Å². The molecule has 0 unspecified atom stereocenters. The molecule has 1 N–H and O–H groups in total. The van der Waals surface area contributed by atoms with Gasteiger partial charge < -0.3 is 5.32 Å². The number of benzene rings is 1. The minimum atomic E-state index is -4.87. The van der Waals surface area contributed by atoms with Crippen molar-refractivity contribution in [2.24, 2.45) is 0 Å². The Hall–Kier alpha value is -3.43. The van der Waals surface area contributed by atoms with E-state index >= 15 is 0 Å². The van der Waals surface area contributed by atoms with Crippen LogP contribution in [-0.2, 0) is 16.0 Å². The summed E-state index contributed by atoms with van der Waals surface area (Å²) < 4.78 is 64.9. The van der Waals surface area contributed by atoms with Crippen molar-refractivity contribution in [2.45, 2.75) is 18.0 Å². The Kier molecular flexibility index (Phi) is 5.99. The Morgan fingerprint density at radius 3 is 2.53 bits per heavy atom. The molecule has 1 amide bonds. The molecule has 0 aliphatic rings. The van der Waals surface area contributed by atoms with E-state index in [1.807, 2.05) is 6.07 Å². The standard InChI is InChI=1S/C19H13ClF3N5O3S/c1-10-6-11(9-24)7-14(32(2,30)31)16(10)26-18(29)13-8-15(19(21,22)23)27-28(13)17-12(20)4-3-5-25-17/h3-8H,1-2H3,(H,26,29). The highest BCUT2D eigenvalue weighted by Gasteiger charge is 2.37. The lowest BCUT2D eigenvalue weighted by atomic mass is 10.1. The van der Waals surface area contributed by atoms with Crippen molar-refractivity contribution < 1.29 is 26.4 Å². The van der Waals surface area contributed by atoms with Gasteiger partial charge in [0, 0.05) is 18.5 Å². The van der Waals surface area contributed by atoms with Crippen molar-refractivity contribution in [3.8, 4) is 11.9 Å². The minimum absolute atomic E-state index is 0.0330. The highest BCUT2D eigenvalue weighted by atomic mass is 35.5. The molecule has 0 saturated heterocycles. The van der Waals surface area contributed by atoms with E-state index in [9.17, 15) is 26.4 Å². The molecule has 0 aliphatic carbocycles. The maximum atomic E-state index is 13.3. The number of nitrogens with one attached hydrogen (secondary N) is 1. The molecule has 0 spiro atoms. The molecular weight excluding hydrogens is 471 g/mol. The lowest BCUT2D eigenvalue weighted by Gasteiger charge is -2.14. The van der Waals surface area contributed by atoms with Crippen LogP contribution in [0.15, 0.2) is 41.4 Å². The Balaban J connectivity index is 2.17. The number of alkyl halides is 3. The summed E-state index contributed by atoms with van der Waals surface area (Å²) in [7, 11) is -3.91. The molecule has 166 valence electrons. The fraction of sp³-hybridized carbons (Fsp3) is 0.158. The molecule has 13 heteroatoms. The zero-order valence-corrected chi connectivity index (χ0v) is 18.0. The van der Waals surface area contributed by atoms with Crippen LogP contribution in [0.4, 0.5) is 18.9 Å². The molecule has 1 aromatic carbocycles. The van der Waals surface area contributed by atoms with Crippen LogP contribution in [0.25, 0.3) is 5.82 Å². The molecule has 0 saturated carbocycles. The second-order valence-electron chi connectivity index (χ2n) is 6.64. The highest BCUT2D eigenvalue weighted by Crippen LogP contribution is 2.32. The monoisotopic (exact) mass is 483 g/mol. The molecule has 8 nitrogen and oxygen atoms in total. The third kappa shape index (κ3) is 4.58. The molecule has 0 bridgehead atoms. The van der Waals surface area contributed by atoms with Gasteiger partial charge in [-0.05, 0) is 36.8 Å². The number of amides is 1. The molecular formula is C19H13ClF3N5O3S. The number of anilines is 1. The van der Waals surface area contributed by atoms with E-state index in [-0.39, 0.29) is 32.6 Å². The zero-order valence-electron chi connectivity index (χ0n) is 16.4. The number of carbonyl (C=O) groups is 1. The Bertz CT molecular complexity index is 1380. The summed E-state index contributed by atoms with van der Waals surface area (Å²) in [5, 5.41) is 14.8. The first-order chi connectivity index (χ1) is 14.8. The molecule has 32 heavy (non-hydrogen) atoms. The number of sulfone groups is 1. The number of nitrogens with zero attached hydrogens (tertiary/aromatic N) is 4. The van der Waals surface area contributed by atoms with Crippen molar-refractivity contribution in [1.29, 1.82) is 5.26 Å². The summed E-state index contributed by atoms with van der Waals surface area (Å²) >= 11 is 6.02. The van der Waals surface area contributed by atoms with E-state index < -0.39 is 33.3 Å². The molecule has 0 atom stereocenters. The van der Waals surface area contributed by atoms with Crippen molar-refractivity contribution >= 4 is 33.0 Å². The van der Waals surface area contributed by atoms with Crippen molar-refractivity contribution in [2.75, 3.05) is 11.6 Å². The van der Waals surface area contributed by atoms with Crippen LogP contribution in [0.1, 0.15) is 27.3 Å². The Labute approximate surface area is 185 Å². The van der Waals surface area contributed by atoms with Crippen LogP contribution in [0, 0.1) is 18.3 Å². The highest BCUT2D eigenvalue weighted by molar-refractivity contribution is 7.90. The molecule has 3 aromatic rings. The quantitative estimate of drug-likeness (QED) is 0.603. The normalized spacial score (nSPS) is 11.8. The smallest absolute Gasteiger partial charge is 0.319 e. The topological polar surface area (TPSA) is 118 Å². The third-order valence-electron chi connectivity index (χ3n) is 4.24. The second-order valence-corrected chi connectivity index (χ2v) is 9.03. The number of carbonyl (C=O) groups excluding carboxylic acids is 1. The van der Waals surface area contributed by atoms with E-state index in [0.717, 1.165) is 12.3 Å². The Morgan fingerprint density at radius 2 is 1.97 bits per heavy atom. The first kappa shape index (κ1) is 23.2. The van der Waals surface area contributed by atoms with Crippen LogP contribution in [0.2, 0.25) is 5.02 Å². The number of nitriles is 1. The lowest BCUT2D eigenvalue weighted by Crippen LogP contribution is -2.20. The number of halogens is 4. The number of pyridine rings is 1. The first-order valence-electron chi connectivity index (χ1n) is 8.67. The van der Waals surface area contributed by atoms with Gasteiger partial charge in [-0.1, -0.05) is 11.6 Å². The summed E-state index contributed by atoms with van der Waals surface area (Å²) in [5.74, 6) is -1.32. The van der Waals surface area contributed by atoms with Gasteiger partial charge >= 0.3 is 6.18 Å². The average Bonchev–Trinajstić information content (AvgIpc) is 3.14. The number of aryl methyl sites for hydroxylation is 1. The minimum Gasteiger partial charge on any atom is -0.319 e. The van der Waals surface area contributed by atoms with E-state index in [4.69, 9.17) is 16.9 Å². The average molecular weight is 484 g/mol. The molecule has 2 heterocycles. The van der Waals surface area contributed by atoms with E-state index in [0.29, 0.717) is 10.7 Å². The van der Waals surface area contributed by atoms with Gasteiger partial charge in [0.15, 0.2) is 21.3 Å². The molecule has 0 radical (unpaired) electrons. The SMILES string of the molecule is Cc1cc(C#N)cc(S(C)(=O)=O)c1NC(=O)c1cc(C(F)(F)F)nn1-c1ncccc1Cl. The molecule has 0 fully saturated rings. The summed E-state index contributed by atoms with van der Waals surface area (Å²) in [6.45, 7) is 1.44. The van der Waals surface area contributed by atoms with E-state index in [2.05, 4.69) is 15.4 Å². The number of hydrogen-bond acceptors (Lipinski definition) is 6. The summed E-state index contributed by atoms with van der Waals surface area (Å²) in [6, 6.07) is 7.50. The van der Waals surface area contributed by atoms with Crippen LogP contribution < -0.4 is 5.32 Å². The van der Waals surface area contributed by atoms with Gasteiger partial charge in [-0.2, -0.15) is 23.5 Å². The van der Waals surface area contributed by atoms with Crippen molar-refractivity contribution in [3.05, 3.63) is 64.1 Å². The molecule has 0 aliphatic heterocycles. The maximum absolute atomic E-state index is 13.3. The largest absolute Gasteiger partial charge is 0.435 e. The summed E-state index contributed by atoms with van der Waals surface area (Å²) in [6.07, 6.45) is -2.74. The van der Waals surface area contributed by atoms with Gasteiger partial charge in [0.2, 0.25) is 0 Å². The number of rotatable bonds is 4. The molecule has 2 aromatic heterocycles. The van der Waals surface area contributed by atoms with Gasteiger partial charge in [-0.3, -0.25) is 4.79 Å². The van der Waals surface area contributed by atoms with Crippen LogP contribution in [0.5, 0.6) is 0 Å². The third-order valence-corrected chi connectivity index (χ3v) is 5.65. The summed E-state index contributed by atoms with van der Waals surface area (Å²) in [4.78, 5) is 16.5. The Morgan fingerprint density at radius 1 is 1.28 bits per heavy atom. The van der Waals surface area contributed by atoms with Crippen molar-refractivity contribution in [1.82, 2.24) is 14.8 Å². The van der Waals surface area contributed by atoms with Crippen LogP contribution in [0.3, 0.4) is 0 Å². The first-order valence-corrected chi connectivity index (χ1v) is 10.9. The van der Waals surface area contributed by atoms with Crippen molar-refractivity contribution in [3.63, 3.8) is 0 Å². The number of aromatic nitrogens is 3. The fourth-order valence-corrected chi connectivity index (χ4v) is 3.95. The van der Waals surface area contributed by atoms with Gasteiger partial charge in [0.25, 0.3) is 5.91 Å². The maximum Gasteiger partial charge on any atom is 0.435 e. The van der Waals surface area contributed by atoms with E-state index in [1.165, 1.54) is 31.3 Å². The lowest BCUT2D eigenvalue weighted by molar-refractivity contribution is -0.141. The molecule has 3 rings (SSSR count). The predicted molar refractivity (Wildman–Crippen MR) is 108 cm³/mol. The zero-order chi connectivity index (χ0) is 23.8. The van der Waals surface area contributed by atoms with Crippen LogP contribution in [-0.4, -0.2) is 35.3 Å². The second kappa shape index (κ2) is 8.25. The fourth-order valence-electron chi connectivity index (χ4n) is 2.83. The van der Waals surface area contributed by atoms with Gasteiger partial charge in [-0.15, -0.1) is 0 Å². The van der Waals surface area contributed by atoms with Gasteiger partial charge in [0.05, 0.1) is 27.2 Å². The van der Waals surface area contributed by atoms with Gasteiger partial charge in [0.1, 0.15) is 5.69 Å². The predicted octanol–water partition coefficient (Wildman–Crippen LogP) is 3.78. The van der Waals surface area contributed by atoms with Crippen LogP contribution >= 0.6 is 11.6 Å². The number of hydrogen-bond donors (Lipinski definition) is 1.